The Bertz CT molecular complexity index is 1170. The minimum absolute atomic E-state index is 0.236. The number of aromatic nitrogens is 4. The molecule has 27 heavy (non-hydrogen) atoms. The van der Waals surface area contributed by atoms with Crippen molar-refractivity contribution in [1.29, 1.82) is 0 Å². The lowest BCUT2D eigenvalue weighted by atomic mass is 10.1. The summed E-state index contributed by atoms with van der Waals surface area (Å²) < 4.78 is 16.1. The summed E-state index contributed by atoms with van der Waals surface area (Å²) in [6, 6.07) is 9.90. The average molecular weight is 363 g/mol. The first-order chi connectivity index (χ1) is 12.9. The van der Waals surface area contributed by atoms with Crippen molar-refractivity contribution >= 4 is 22.5 Å². The number of amides is 1. The lowest BCUT2D eigenvalue weighted by Gasteiger charge is -2.10. The van der Waals surface area contributed by atoms with Crippen molar-refractivity contribution in [2.45, 2.75) is 20.8 Å². The molecule has 0 saturated carbocycles. The first-order valence-electron chi connectivity index (χ1n) is 8.50. The molecular formula is C20H18FN5O. The quantitative estimate of drug-likeness (QED) is 0.576. The molecule has 136 valence electrons. The fraction of sp³-hybridized carbons (Fsp3) is 0.150. The summed E-state index contributed by atoms with van der Waals surface area (Å²) >= 11 is 0. The summed E-state index contributed by atoms with van der Waals surface area (Å²) in [7, 11) is 0. The maximum atomic E-state index is 14.6. The summed E-state index contributed by atoms with van der Waals surface area (Å²) in [6.45, 7) is 5.64. The largest absolute Gasteiger partial charge is 0.322 e. The van der Waals surface area contributed by atoms with E-state index in [1.165, 1.54) is 10.7 Å². The van der Waals surface area contributed by atoms with Gasteiger partial charge in [-0.25, -0.2) is 9.07 Å². The smallest absolute Gasteiger partial charge is 0.255 e. The summed E-state index contributed by atoms with van der Waals surface area (Å²) in [5.74, 6) is -0.888. The Labute approximate surface area is 155 Å². The molecule has 0 fully saturated rings. The number of carbonyl (C=O) groups is 1. The standard InChI is InChI=1S/C20H18FN5O/c1-11-6-15(9-18-16(11)10-22-24-18)23-20(27)14-4-5-19(17(21)8-14)26-13(3)7-12(2)25-26/h4-10H,1-3H3,(H,22,24)(H,23,27). The van der Waals surface area contributed by atoms with Gasteiger partial charge >= 0.3 is 0 Å². The molecule has 0 aliphatic rings. The molecule has 0 aliphatic carbocycles. The van der Waals surface area contributed by atoms with Crippen molar-refractivity contribution in [2.24, 2.45) is 0 Å². The highest BCUT2D eigenvalue weighted by Crippen LogP contribution is 2.23. The molecule has 0 unspecified atom stereocenters. The molecule has 2 N–H and O–H groups in total. The molecule has 0 bridgehead atoms. The van der Waals surface area contributed by atoms with Crippen LogP contribution in [0.15, 0.2) is 42.6 Å². The molecule has 0 aliphatic heterocycles. The molecule has 0 atom stereocenters. The Kier molecular flexibility index (Phi) is 3.99. The minimum Gasteiger partial charge on any atom is -0.322 e. The number of rotatable bonds is 3. The third-order valence-electron chi connectivity index (χ3n) is 4.47. The number of halogens is 1. The second kappa shape index (κ2) is 6.35. The number of benzene rings is 2. The Morgan fingerprint density at radius 3 is 2.67 bits per heavy atom. The number of H-pyrrole nitrogens is 1. The van der Waals surface area contributed by atoms with Crippen molar-refractivity contribution in [3.8, 4) is 5.69 Å². The summed E-state index contributed by atoms with van der Waals surface area (Å²) in [5.41, 5.74) is 4.62. The van der Waals surface area contributed by atoms with Crippen molar-refractivity contribution < 1.29 is 9.18 Å². The van der Waals surface area contributed by atoms with Crippen LogP contribution in [-0.2, 0) is 0 Å². The maximum absolute atomic E-state index is 14.6. The third-order valence-corrected chi connectivity index (χ3v) is 4.47. The summed E-state index contributed by atoms with van der Waals surface area (Å²) in [5, 5.41) is 15.0. The normalized spacial score (nSPS) is 11.1. The van der Waals surface area contributed by atoms with E-state index in [0.717, 1.165) is 27.9 Å². The molecule has 0 saturated heterocycles. The molecule has 1 amide bonds. The SMILES string of the molecule is Cc1cc(C)n(-c2ccc(C(=O)Nc3cc(C)c4cn[nH]c4c3)cc2F)n1. The van der Waals surface area contributed by atoms with E-state index < -0.39 is 5.82 Å². The van der Waals surface area contributed by atoms with E-state index in [1.54, 1.807) is 24.4 Å². The second-order valence-electron chi connectivity index (χ2n) is 6.58. The molecule has 4 aromatic rings. The number of nitrogens with one attached hydrogen (secondary N) is 2. The van der Waals surface area contributed by atoms with E-state index in [2.05, 4.69) is 20.6 Å². The summed E-state index contributed by atoms with van der Waals surface area (Å²) in [4.78, 5) is 12.5. The number of hydrogen-bond acceptors (Lipinski definition) is 3. The van der Waals surface area contributed by atoms with Gasteiger partial charge in [0.25, 0.3) is 5.91 Å². The number of aryl methyl sites for hydroxylation is 3. The zero-order valence-electron chi connectivity index (χ0n) is 15.2. The summed E-state index contributed by atoms with van der Waals surface area (Å²) in [6.07, 6.45) is 1.74. The van der Waals surface area contributed by atoms with Crippen molar-refractivity contribution in [3.05, 3.63) is 70.9 Å². The van der Waals surface area contributed by atoms with Gasteiger partial charge < -0.3 is 5.32 Å². The monoisotopic (exact) mass is 363 g/mol. The number of carbonyl (C=O) groups excluding carboxylic acids is 1. The van der Waals surface area contributed by atoms with Crippen LogP contribution in [0.25, 0.3) is 16.6 Å². The lowest BCUT2D eigenvalue weighted by Crippen LogP contribution is -2.13. The van der Waals surface area contributed by atoms with Crippen LogP contribution >= 0.6 is 0 Å². The Balaban J connectivity index is 1.62. The van der Waals surface area contributed by atoms with E-state index in [1.807, 2.05) is 32.9 Å². The van der Waals surface area contributed by atoms with E-state index in [-0.39, 0.29) is 11.5 Å². The molecule has 0 radical (unpaired) electrons. The molecule has 2 aromatic heterocycles. The van der Waals surface area contributed by atoms with E-state index in [9.17, 15) is 9.18 Å². The van der Waals surface area contributed by atoms with E-state index in [4.69, 9.17) is 0 Å². The molecular weight excluding hydrogens is 345 g/mol. The van der Waals surface area contributed by atoms with Gasteiger partial charge in [0.15, 0.2) is 0 Å². The number of fused-ring (bicyclic) bond motifs is 1. The van der Waals surface area contributed by atoms with Gasteiger partial charge in [0, 0.05) is 22.3 Å². The lowest BCUT2D eigenvalue weighted by molar-refractivity contribution is 0.102. The molecule has 2 aromatic carbocycles. The number of nitrogens with zero attached hydrogens (tertiary/aromatic N) is 3. The van der Waals surface area contributed by atoms with Gasteiger partial charge in [-0.05, 0) is 62.7 Å². The van der Waals surface area contributed by atoms with Crippen molar-refractivity contribution in [1.82, 2.24) is 20.0 Å². The first-order valence-corrected chi connectivity index (χ1v) is 8.50. The Hall–Kier alpha value is -3.48. The molecule has 4 rings (SSSR count). The van der Waals surface area contributed by atoms with Gasteiger partial charge in [-0.15, -0.1) is 0 Å². The van der Waals surface area contributed by atoms with E-state index >= 15 is 0 Å². The van der Waals surface area contributed by atoms with Gasteiger partial charge in [0.05, 0.1) is 17.4 Å². The average Bonchev–Trinajstić information content (AvgIpc) is 3.21. The van der Waals surface area contributed by atoms with Gasteiger partial charge in [-0.1, -0.05) is 0 Å². The number of aromatic amines is 1. The fourth-order valence-corrected chi connectivity index (χ4v) is 3.20. The number of hydrogen-bond donors (Lipinski definition) is 2. The zero-order valence-corrected chi connectivity index (χ0v) is 15.2. The van der Waals surface area contributed by atoms with Crippen LogP contribution in [-0.4, -0.2) is 25.9 Å². The number of anilines is 1. The highest BCUT2D eigenvalue weighted by molar-refractivity contribution is 6.05. The third kappa shape index (κ3) is 3.08. The minimum atomic E-state index is -0.506. The van der Waals surface area contributed by atoms with E-state index in [0.29, 0.717) is 11.4 Å². The second-order valence-corrected chi connectivity index (χ2v) is 6.58. The molecule has 7 heteroatoms. The highest BCUT2D eigenvalue weighted by Gasteiger charge is 2.14. The van der Waals surface area contributed by atoms with Crippen LogP contribution in [0.1, 0.15) is 27.3 Å². The van der Waals surface area contributed by atoms with Crippen LogP contribution in [0.5, 0.6) is 0 Å². The molecule has 6 nitrogen and oxygen atoms in total. The van der Waals surface area contributed by atoms with Gasteiger partial charge in [-0.2, -0.15) is 10.2 Å². The zero-order chi connectivity index (χ0) is 19.1. The van der Waals surface area contributed by atoms with Gasteiger partial charge in [0.1, 0.15) is 11.5 Å². The van der Waals surface area contributed by atoms with Crippen LogP contribution in [0.3, 0.4) is 0 Å². The van der Waals surface area contributed by atoms with Gasteiger partial charge in [0.2, 0.25) is 0 Å². The molecule has 0 spiro atoms. The fourth-order valence-electron chi connectivity index (χ4n) is 3.20. The van der Waals surface area contributed by atoms with Crippen LogP contribution in [0, 0.1) is 26.6 Å². The predicted octanol–water partition coefficient (Wildman–Crippen LogP) is 4.07. The highest BCUT2D eigenvalue weighted by atomic mass is 19.1. The van der Waals surface area contributed by atoms with Crippen LogP contribution in [0.4, 0.5) is 10.1 Å². The Morgan fingerprint density at radius 1 is 1.15 bits per heavy atom. The maximum Gasteiger partial charge on any atom is 0.255 e. The topological polar surface area (TPSA) is 75.6 Å². The molecule has 2 heterocycles. The van der Waals surface area contributed by atoms with Crippen molar-refractivity contribution in [2.75, 3.05) is 5.32 Å². The van der Waals surface area contributed by atoms with Gasteiger partial charge in [-0.3, -0.25) is 9.89 Å². The first kappa shape index (κ1) is 17.0. The van der Waals surface area contributed by atoms with Crippen LogP contribution in [0.2, 0.25) is 0 Å². The predicted molar refractivity (Wildman–Crippen MR) is 102 cm³/mol. The Morgan fingerprint density at radius 2 is 1.96 bits per heavy atom. The van der Waals surface area contributed by atoms with Crippen LogP contribution < -0.4 is 5.32 Å². The van der Waals surface area contributed by atoms with Crippen molar-refractivity contribution in [3.63, 3.8) is 0 Å².